The minimum atomic E-state index is -1.03. The summed E-state index contributed by atoms with van der Waals surface area (Å²) < 4.78 is 11.2. The number of rotatable bonds is 6. The Kier molecular flexibility index (Phi) is 5.42. The van der Waals surface area contributed by atoms with Gasteiger partial charge in [0.2, 0.25) is 5.89 Å². The Morgan fingerprint density at radius 2 is 1.58 bits per heavy atom. The van der Waals surface area contributed by atoms with Crippen LogP contribution in [0.2, 0.25) is 0 Å². The van der Waals surface area contributed by atoms with Crippen LogP contribution in [0.25, 0.3) is 11.5 Å². The molecule has 158 valence electrons. The summed E-state index contributed by atoms with van der Waals surface area (Å²) in [6.45, 7) is 5.16. The fraction of sp³-hybridized carbons (Fsp3) is 0.250. The van der Waals surface area contributed by atoms with Gasteiger partial charge >= 0.3 is 5.97 Å². The van der Waals surface area contributed by atoms with Crippen LogP contribution in [-0.2, 0) is 16.1 Å². The highest BCUT2D eigenvalue weighted by atomic mass is 16.5. The summed E-state index contributed by atoms with van der Waals surface area (Å²) in [5, 5.41) is 0. The predicted molar refractivity (Wildman–Crippen MR) is 112 cm³/mol. The van der Waals surface area contributed by atoms with Gasteiger partial charge in [-0.25, -0.2) is 9.78 Å². The van der Waals surface area contributed by atoms with Crippen LogP contribution in [0.4, 0.5) is 0 Å². The van der Waals surface area contributed by atoms with E-state index in [-0.39, 0.29) is 12.5 Å². The molecule has 0 spiro atoms. The summed E-state index contributed by atoms with van der Waals surface area (Å²) >= 11 is 0. The first-order valence-electron chi connectivity index (χ1n) is 10.0. The van der Waals surface area contributed by atoms with Crippen molar-refractivity contribution in [3.05, 3.63) is 77.2 Å². The molecule has 1 aromatic heterocycles. The lowest BCUT2D eigenvalue weighted by atomic mass is 10.0. The first-order chi connectivity index (χ1) is 14.9. The summed E-state index contributed by atoms with van der Waals surface area (Å²) in [5.74, 6) is -0.986. The third-order valence-electron chi connectivity index (χ3n) is 5.24. The van der Waals surface area contributed by atoms with Crippen molar-refractivity contribution in [1.82, 2.24) is 9.88 Å². The molecular weight excluding hydrogens is 396 g/mol. The molecule has 0 radical (unpaired) electrons. The second kappa shape index (κ2) is 8.18. The lowest BCUT2D eigenvalue weighted by Gasteiger charge is -2.27. The number of ether oxygens (including phenoxy) is 1. The molecule has 1 atom stereocenters. The van der Waals surface area contributed by atoms with Crippen LogP contribution < -0.4 is 0 Å². The van der Waals surface area contributed by atoms with Gasteiger partial charge in [0.1, 0.15) is 24.1 Å². The van der Waals surface area contributed by atoms with Crippen molar-refractivity contribution < 1.29 is 23.5 Å². The number of aryl methyl sites for hydroxylation is 1. The molecule has 2 aromatic carbocycles. The van der Waals surface area contributed by atoms with Gasteiger partial charge in [0.25, 0.3) is 11.8 Å². The van der Waals surface area contributed by atoms with E-state index in [0.29, 0.717) is 28.5 Å². The van der Waals surface area contributed by atoms with Crippen molar-refractivity contribution >= 4 is 17.8 Å². The molecule has 1 aliphatic heterocycles. The van der Waals surface area contributed by atoms with E-state index in [1.165, 1.54) is 0 Å². The predicted octanol–water partition coefficient (Wildman–Crippen LogP) is 4.01. The van der Waals surface area contributed by atoms with Crippen LogP contribution in [0.5, 0.6) is 0 Å². The second-order valence-electron chi connectivity index (χ2n) is 7.71. The second-order valence-corrected chi connectivity index (χ2v) is 7.71. The van der Waals surface area contributed by atoms with E-state index in [4.69, 9.17) is 9.15 Å². The van der Waals surface area contributed by atoms with E-state index in [2.05, 4.69) is 4.98 Å². The maximum atomic E-state index is 12.9. The Morgan fingerprint density at radius 3 is 2.16 bits per heavy atom. The number of carbonyl (C=O) groups excluding carboxylic acids is 3. The number of hydrogen-bond donors (Lipinski definition) is 0. The summed E-state index contributed by atoms with van der Waals surface area (Å²) in [6.07, 6.45) is 0. The highest BCUT2D eigenvalue weighted by Crippen LogP contribution is 2.28. The van der Waals surface area contributed by atoms with E-state index in [1.54, 1.807) is 45.0 Å². The molecule has 0 N–H and O–H groups in total. The van der Waals surface area contributed by atoms with Gasteiger partial charge in [-0.15, -0.1) is 0 Å². The monoisotopic (exact) mass is 418 g/mol. The van der Waals surface area contributed by atoms with Gasteiger partial charge in [-0.05, 0) is 37.1 Å². The molecule has 0 unspecified atom stereocenters. The number of carbonyl (C=O) groups is 3. The number of benzene rings is 2. The third kappa shape index (κ3) is 3.74. The summed E-state index contributed by atoms with van der Waals surface area (Å²) in [4.78, 5) is 44.0. The smallest absolute Gasteiger partial charge is 0.330 e. The van der Waals surface area contributed by atoms with Gasteiger partial charge in [-0.3, -0.25) is 14.5 Å². The van der Waals surface area contributed by atoms with Crippen molar-refractivity contribution in [2.75, 3.05) is 0 Å². The summed E-state index contributed by atoms with van der Waals surface area (Å²) in [6, 6.07) is 14.9. The maximum Gasteiger partial charge on any atom is 0.330 e. The molecule has 2 heterocycles. The molecule has 0 bridgehead atoms. The van der Waals surface area contributed by atoms with E-state index in [1.807, 2.05) is 30.3 Å². The van der Waals surface area contributed by atoms with Crippen LogP contribution in [0.15, 0.2) is 59.0 Å². The molecule has 31 heavy (non-hydrogen) atoms. The lowest BCUT2D eigenvalue weighted by molar-refractivity contribution is -0.151. The average molecular weight is 418 g/mol. The molecule has 1 aliphatic rings. The van der Waals surface area contributed by atoms with Crippen molar-refractivity contribution in [3.63, 3.8) is 0 Å². The van der Waals surface area contributed by atoms with Crippen LogP contribution in [0.1, 0.15) is 46.0 Å². The molecule has 0 fully saturated rings. The highest BCUT2D eigenvalue weighted by molar-refractivity contribution is 6.22. The third-order valence-corrected chi connectivity index (χ3v) is 5.24. The summed E-state index contributed by atoms with van der Waals surface area (Å²) in [5.41, 5.74) is 1.89. The fourth-order valence-corrected chi connectivity index (χ4v) is 3.63. The number of nitrogens with zero attached hydrogens (tertiary/aromatic N) is 2. The molecule has 0 aliphatic carbocycles. The highest BCUT2D eigenvalue weighted by Gasteiger charge is 2.44. The van der Waals surface area contributed by atoms with Gasteiger partial charge in [0, 0.05) is 5.56 Å². The number of fused-ring (bicyclic) bond motifs is 1. The molecule has 4 rings (SSSR count). The minimum absolute atomic E-state index is 0.118. The van der Waals surface area contributed by atoms with E-state index in [0.717, 1.165) is 10.5 Å². The molecule has 2 amide bonds. The Labute approximate surface area is 179 Å². The molecule has 3 aromatic rings. The lowest BCUT2D eigenvalue weighted by Crippen LogP contribution is -2.48. The quantitative estimate of drug-likeness (QED) is 0.444. The van der Waals surface area contributed by atoms with Gasteiger partial charge in [0.05, 0.1) is 11.1 Å². The molecule has 0 saturated heterocycles. The van der Waals surface area contributed by atoms with Gasteiger partial charge in [0.15, 0.2) is 0 Å². The van der Waals surface area contributed by atoms with Crippen molar-refractivity contribution in [2.45, 2.75) is 33.4 Å². The normalized spacial score (nSPS) is 14.1. The SMILES string of the molecule is Cc1oc(-c2ccccc2)nc1COC(=O)[C@H](C(C)C)N1C(=O)c2ccccc2C1=O. The van der Waals surface area contributed by atoms with Crippen molar-refractivity contribution in [2.24, 2.45) is 5.92 Å². The Hall–Kier alpha value is -3.74. The maximum absolute atomic E-state index is 12.9. The van der Waals surface area contributed by atoms with Crippen LogP contribution in [0, 0.1) is 12.8 Å². The van der Waals surface area contributed by atoms with Gasteiger partial charge < -0.3 is 9.15 Å². The standard InChI is InChI=1S/C24H22N2O5/c1-14(2)20(26-22(27)17-11-7-8-12-18(17)23(26)28)24(29)30-13-19-15(3)31-21(25-19)16-9-5-4-6-10-16/h4-12,14,20H,13H2,1-3H3/t20-/m0/s1. The molecular formula is C24H22N2O5. The van der Waals surface area contributed by atoms with Gasteiger partial charge in [-0.1, -0.05) is 44.2 Å². The Bertz CT molecular complexity index is 1110. The zero-order chi connectivity index (χ0) is 22.1. The number of amides is 2. The minimum Gasteiger partial charge on any atom is -0.457 e. The van der Waals surface area contributed by atoms with Gasteiger partial charge in [-0.2, -0.15) is 0 Å². The zero-order valence-corrected chi connectivity index (χ0v) is 17.5. The van der Waals surface area contributed by atoms with E-state index < -0.39 is 23.8 Å². The van der Waals surface area contributed by atoms with E-state index in [9.17, 15) is 14.4 Å². The Morgan fingerprint density at radius 1 is 1.00 bits per heavy atom. The topological polar surface area (TPSA) is 89.7 Å². The first-order valence-corrected chi connectivity index (χ1v) is 10.0. The van der Waals surface area contributed by atoms with Crippen LogP contribution >= 0.6 is 0 Å². The number of imide groups is 1. The zero-order valence-electron chi connectivity index (χ0n) is 17.5. The molecule has 7 nitrogen and oxygen atoms in total. The Balaban J connectivity index is 1.52. The number of esters is 1. The summed E-state index contributed by atoms with van der Waals surface area (Å²) in [7, 11) is 0. The number of aromatic nitrogens is 1. The fourth-order valence-electron chi connectivity index (χ4n) is 3.63. The molecule has 0 saturated carbocycles. The van der Waals surface area contributed by atoms with Crippen molar-refractivity contribution in [1.29, 1.82) is 0 Å². The van der Waals surface area contributed by atoms with Crippen LogP contribution in [0.3, 0.4) is 0 Å². The number of oxazole rings is 1. The van der Waals surface area contributed by atoms with Crippen molar-refractivity contribution in [3.8, 4) is 11.5 Å². The number of hydrogen-bond acceptors (Lipinski definition) is 6. The average Bonchev–Trinajstić information content (AvgIpc) is 3.26. The first kappa shape index (κ1) is 20.5. The van der Waals surface area contributed by atoms with E-state index >= 15 is 0 Å². The van der Waals surface area contributed by atoms with Crippen LogP contribution in [-0.4, -0.2) is 33.7 Å². The largest absolute Gasteiger partial charge is 0.457 e. The molecule has 7 heteroatoms.